The fourth-order valence-electron chi connectivity index (χ4n) is 12.7. The first-order valence-electron chi connectivity index (χ1n) is 42.5. The number of carbonyl (C=O) groups is 4. The molecule has 0 fully saturated rings. The molecule has 0 bridgehead atoms. The molecule has 0 aliphatic rings. The molecule has 0 aliphatic carbocycles. The van der Waals surface area contributed by atoms with Gasteiger partial charge in [-0.1, -0.05) is 382 Å². The Bertz CT molecular complexity index is 1940. The summed E-state index contributed by atoms with van der Waals surface area (Å²) in [7, 11) is -9.92. The zero-order valence-electron chi connectivity index (χ0n) is 66.2. The number of aliphatic hydroxyl groups excluding tert-OH is 1. The van der Waals surface area contributed by atoms with Crippen molar-refractivity contribution in [2.75, 3.05) is 39.6 Å². The highest BCUT2D eigenvalue weighted by molar-refractivity contribution is 7.47. The number of phosphoric acid groups is 2. The van der Waals surface area contributed by atoms with E-state index < -0.39 is 97.5 Å². The average molecular weight is 1480 g/mol. The molecule has 600 valence electrons. The average Bonchev–Trinajstić information content (AvgIpc) is 0.958. The number of hydrogen-bond donors (Lipinski definition) is 3. The van der Waals surface area contributed by atoms with Gasteiger partial charge in [0.25, 0.3) is 0 Å². The molecule has 101 heavy (non-hydrogen) atoms. The van der Waals surface area contributed by atoms with Crippen LogP contribution in [-0.4, -0.2) is 96.7 Å². The fraction of sp³-hybridized carbons (Fsp3) is 0.951. The molecule has 0 saturated heterocycles. The first-order valence-corrected chi connectivity index (χ1v) is 45.5. The first-order chi connectivity index (χ1) is 48.9. The number of unbranched alkanes of at least 4 members (excludes halogenated alkanes) is 50. The Labute approximate surface area is 619 Å². The summed E-state index contributed by atoms with van der Waals surface area (Å²) >= 11 is 0. The van der Waals surface area contributed by atoms with Gasteiger partial charge in [0.1, 0.15) is 19.3 Å². The molecule has 0 aromatic carbocycles. The number of rotatable bonds is 81. The minimum atomic E-state index is -4.96. The molecule has 6 atom stereocenters. The minimum Gasteiger partial charge on any atom is -0.462 e. The number of phosphoric ester groups is 2. The topological polar surface area (TPSA) is 237 Å². The highest BCUT2D eigenvalue weighted by Crippen LogP contribution is 2.45. The third-order valence-corrected chi connectivity index (χ3v) is 21.5. The van der Waals surface area contributed by atoms with Crippen LogP contribution in [0, 0.1) is 11.8 Å². The summed E-state index contributed by atoms with van der Waals surface area (Å²) in [4.78, 5) is 73.0. The second-order valence-electron chi connectivity index (χ2n) is 30.2. The van der Waals surface area contributed by atoms with Crippen LogP contribution in [0.2, 0.25) is 0 Å². The van der Waals surface area contributed by atoms with E-state index >= 15 is 0 Å². The molecular weight excluding hydrogens is 1320 g/mol. The lowest BCUT2D eigenvalue weighted by Gasteiger charge is -2.21. The van der Waals surface area contributed by atoms with E-state index in [2.05, 4.69) is 41.5 Å². The Morgan fingerprint density at radius 2 is 0.505 bits per heavy atom. The predicted octanol–water partition coefficient (Wildman–Crippen LogP) is 24.7. The van der Waals surface area contributed by atoms with Crippen LogP contribution in [0.3, 0.4) is 0 Å². The Morgan fingerprint density at radius 1 is 0.287 bits per heavy atom. The van der Waals surface area contributed by atoms with Crippen LogP contribution in [0.4, 0.5) is 0 Å². The Kier molecular flexibility index (Phi) is 72.2. The number of hydrogen-bond acceptors (Lipinski definition) is 15. The van der Waals surface area contributed by atoms with Crippen molar-refractivity contribution < 1.29 is 80.2 Å². The van der Waals surface area contributed by atoms with Crippen LogP contribution in [0.15, 0.2) is 0 Å². The van der Waals surface area contributed by atoms with Crippen LogP contribution in [0.1, 0.15) is 433 Å². The van der Waals surface area contributed by atoms with Gasteiger partial charge in [-0.05, 0) is 37.5 Å². The van der Waals surface area contributed by atoms with Gasteiger partial charge in [0, 0.05) is 25.7 Å². The third kappa shape index (κ3) is 74.7. The number of esters is 4. The molecule has 19 heteroatoms. The molecule has 0 heterocycles. The lowest BCUT2D eigenvalue weighted by atomic mass is 9.99. The normalized spacial score (nSPS) is 14.2. The van der Waals surface area contributed by atoms with Gasteiger partial charge < -0.3 is 33.8 Å². The van der Waals surface area contributed by atoms with Crippen LogP contribution >= 0.6 is 15.6 Å². The lowest BCUT2D eigenvalue weighted by molar-refractivity contribution is -0.161. The lowest BCUT2D eigenvalue weighted by Crippen LogP contribution is -2.30. The predicted molar refractivity (Wildman–Crippen MR) is 414 cm³/mol. The van der Waals surface area contributed by atoms with E-state index in [1.54, 1.807) is 0 Å². The first kappa shape index (κ1) is 99.1. The summed E-state index contributed by atoms with van der Waals surface area (Å²) in [6.45, 7) is 9.66. The van der Waals surface area contributed by atoms with E-state index in [0.29, 0.717) is 25.7 Å². The fourth-order valence-corrected chi connectivity index (χ4v) is 14.3. The summed E-state index contributed by atoms with van der Waals surface area (Å²) in [6.07, 6.45) is 63.9. The van der Waals surface area contributed by atoms with E-state index in [1.165, 1.54) is 250 Å². The minimum absolute atomic E-state index is 0.106. The largest absolute Gasteiger partial charge is 0.472 e. The van der Waals surface area contributed by atoms with Gasteiger partial charge in [-0.25, -0.2) is 9.13 Å². The molecular formula is C82H160O17P2. The van der Waals surface area contributed by atoms with Gasteiger partial charge in [0.2, 0.25) is 0 Å². The maximum atomic E-state index is 13.1. The second-order valence-corrected chi connectivity index (χ2v) is 33.1. The summed E-state index contributed by atoms with van der Waals surface area (Å²) in [5.41, 5.74) is 0. The van der Waals surface area contributed by atoms with Crippen molar-refractivity contribution in [3.8, 4) is 0 Å². The molecule has 17 nitrogen and oxygen atoms in total. The summed E-state index contributed by atoms with van der Waals surface area (Å²) < 4.78 is 68.7. The maximum Gasteiger partial charge on any atom is 0.472 e. The Morgan fingerprint density at radius 3 is 0.752 bits per heavy atom. The molecule has 0 amide bonds. The van der Waals surface area contributed by atoms with Gasteiger partial charge in [-0.15, -0.1) is 0 Å². The monoisotopic (exact) mass is 1480 g/mol. The molecule has 0 spiro atoms. The standard InChI is InChI=1S/C82H160O17P2/c1-7-10-12-14-16-18-19-20-21-22-26-29-32-35-41-47-53-59-65-80(85)93-71-78(98-81(86)66-60-54-48-42-36-33-30-27-24-23-25-28-31-34-40-45-51-57-63-75(6)9-3)73-97-101(90,91)95-69-76(83)68-94-100(88,89)96-72-77(70-92-79(84)64-58-52-46-38-17-15-13-11-8-2)99-82(87)67-61-55-49-43-37-39-44-50-56-62-74(4)5/h74-78,83H,7-73H2,1-6H3,(H,88,89)(H,90,91)/t75?,76-,77+,78+/m0/s1. The number of carbonyl (C=O) groups excluding carboxylic acids is 4. The molecule has 0 aromatic heterocycles. The smallest absolute Gasteiger partial charge is 0.462 e. The van der Waals surface area contributed by atoms with Gasteiger partial charge >= 0.3 is 39.5 Å². The molecule has 0 aromatic rings. The zero-order chi connectivity index (χ0) is 74.2. The number of aliphatic hydroxyl groups is 1. The summed E-state index contributed by atoms with van der Waals surface area (Å²) in [5.74, 6) is -0.502. The van der Waals surface area contributed by atoms with Crippen molar-refractivity contribution in [2.45, 2.75) is 452 Å². The Hall–Kier alpha value is -1.94. The molecule has 0 saturated carbocycles. The van der Waals surface area contributed by atoms with Gasteiger partial charge in [-0.3, -0.25) is 37.3 Å². The molecule has 3 N–H and O–H groups in total. The van der Waals surface area contributed by atoms with Crippen molar-refractivity contribution in [3.63, 3.8) is 0 Å². The van der Waals surface area contributed by atoms with Crippen LogP contribution in [-0.2, 0) is 65.4 Å². The SMILES string of the molecule is CCCCCCCCCCCCCCCCCCCCC(=O)OC[C@H](COP(=O)(O)OC[C@@H](O)COP(=O)(O)OC[C@@H](COC(=O)CCCCCCCCCCC)OC(=O)CCCCCCCCCCCC(C)C)OC(=O)CCCCCCCCCCCCCCCCCCCCC(C)CC. The van der Waals surface area contributed by atoms with Crippen LogP contribution in [0.5, 0.6) is 0 Å². The molecule has 0 radical (unpaired) electrons. The van der Waals surface area contributed by atoms with Crippen molar-refractivity contribution in [3.05, 3.63) is 0 Å². The van der Waals surface area contributed by atoms with Crippen molar-refractivity contribution in [2.24, 2.45) is 11.8 Å². The summed E-state index contributed by atoms with van der Waals surface area (Å²) in [5, 5.41) is 10.6. The van der Waals surface area contributed by atoms with E-state index in [9.17, 15) is 43.2 Å². The molecule has 3 unspecified atom stereocenters. The van der Waals surface area contributed by atoms with Gasteiger partial charge in [0.05, 0.1) is 26.4 Å². The highest BCUT2D eigenvalue weighted by atomic mass is 31.2. The van der Waals surface area contributed by atoms with E-state index in [4.69, 9.17) is 37.0 Å². The van der Waals surface area contributed by atoms with Crippen molar-refractivity contribution in [1.29, 1.82) is 0 Å². The van der Waals surface area contributed by atoms with Crippen molar-refractivity contribution in [1.82, 2.24) is 0 Å². The number of ether oxygens (including phenoxy) is 4. The highest BCUT2D eigenvalue weighted by Gasteiger charge is 2.30. The van der Waals surface area contributed by atoms with Crippen LogP contribution in [0.25, 0.3) is 0 Å². The molecule has 0 rings (SSSR count). The van der Waals surface area contributed by atoms with Crippen LogP contribution < -0.4 is 0 Å². The maximum absolute atomic E-state index is 13.1. The summed E-state index contributed by atoms with van der Waals surface area (Å²) in [6, 6.07) is 0. The van der Waals surface area contributed by atoms with Crippen molar-refractivity contribution >= 4 is 39.5 Å². The zero-order valence-corrected chi connectivity index (χ0v) is 68.0. The van der Waals surface area contributed by atoms with Gasteiger partial charge in [-0.2, -0.15) is 0 Å². The molecule has 0 aliphatic heterocycles. The quantitative estimate of drug-likeness (QED) is 0.0222. The third-order valence-electron chi connectivity index (χ3n) is 19.6. The second kappa shape index (κ2) is 73.6. The Balaban J connectivity index is 5.19. The van der Waals surface area contributed by atoms with Gasteiger partial charge in [0.15, 0.2) is 12.2 Å². The van der Waals surface area contributed by atoms with E-state index in [1.807, 2.05) is 0 Å². The van der Waals surface area contributed by atoms with E-state index in [-0.39, 0.29) is 25.7 Å². The van der Waals surface area contributed by atoms with E-state index in [0.717, 1.165) is 102 Å².